The standard InChI is InChI=1S/C19H25NO2/c1-15-8-6-11-19(16(15)2)22-13-7-12-20-14-18(21)17-9-4-3-5-10-17/h3-6,8-11,18,20-21H,7,12-14H2,1-2H3. The van der Waals surface area contributed by atoms with Crippen LogP contribution in [0.3, 0.4) is 0 Å². The van der Waals surface area contributed by atoms with Crippen molar-refractivity contribution in [1.29, 1.82) is 0 Å². The first-order chi connectivity index (χ1) is 10.7. The third-order valence-electron chi connectivity index (χ3n) is 3.83. The molecule has 2 aromatic rings. The van der Waals surface area contributed by atoms with Crippen molar-refractivity contribution in [2.45, 2.75) is 26.4 Å². The first kappa shape index (κ1) is 16.5. The summed E-state index contributed by atoms with van der Waals surface area (Å²) in [4.78, 5) is 0. The molecule has 0 aliphatic carbocycles. The number of aliphatic hydroxyl groups is 1. The van der Waals surface area contributed by atoms with Crippen molar-refractivity contribution in [1.82, 2.24) is 5.32 Å². The van der Waals surface area contributed by atoms with E-state index in [0.717, 1.165) is 24.3 Å². The zero-order valence-electron chi connectivity index (χ0n) is 13.4. The summed E-state index contributed by atoms with van der Waals surface area (Å²) >= 11 is 0. The number of nitrogens with one attached hydrogen (secondary N) is 1. The molecule has 0 aliphatic rings. The SMILES string of the molecule is Cc1cccc(OCCCNCC(O)c2ccccc2)c1C. The third kappa shape index (κ3) is 4.86. The molecule has 22 heavy (non-hydrogen) atoms. The van der Waals surface area contributed by atoms with Crippen LogP contribution in [0, 0.1) is 13.8 Å². The maximum Gasteiger partial charge on any atom is 0.122 e. The van der Waals surface area contributed by atoms with Crippen molar-refractivity contribution < 1.29 is 9.84 Å². The highest BCUT2D eigenvalue weighted by atomic mass is 16.5. The first-order valence-corrected chi connectivity index (χ1v) is 7.81. The van der Waals surface area contributed by atoms with Crippen molar-refractivity contribution in [3.05, 3.63) is 65.2 Å². The van der Waals surface area contributed by atoms with Crippen LogP contribution in [0.5, 0.6) is 5.75 Å². The van der Waals surface area contributed by atoms with E-state index in [1.807, 2.05) is 42.5 Å². The second kappa shape index (κ2) is 8.57. The van der Waals surface area contributed by atoms with Crippen LogP contribution in [-0.4, -0.2) is 24.8 Å². The van der Waals surface area contributed by atoms with Crippen LogP contribution in [0.4, 0.5) is 0 Å². The molecular formula is C19H25NO2. The molecule has 0 aromatic heterocycles. The maximum absolute atomic E-state index is 10.0. The Morgan fingerprint density at radius 2 is 1.82 bits per heavy atom. The van der Waals surface area contributed by atoms with Crippen molar-refractivity contribution >= 4 is 0 Å². The second-order valence-corrected chi connectivity index (χ2v) is 5.53. The van der Waals surface area contributed by atoms with Crippen LogP contribution < -0.4 is 10.1 Å². The predicted octanol–water partition coefficient (Wildman–Crippen LogP) is 3.40. The van der Waals surface area contributed by atoms with Gasteiger partial charge in [-0.05, 0) is 49.6 Å². The fourth-order valence-electron chi connectivity index (χ4n) is 2.29. The molecule has 0 amide bonds. The average molecular weight is 299 g/mol. The topological polar surface area (TPSA) is 41.5 Å². The van der Waals surface area contributed by atoms with E-state index < -0.39 is 6.10 Å². The number of ether oxygens (including phenoxy) is 1. The number of hydrogen-bond donors (Lipinski definition) is 2. The molecule has 0 aliphatic heterocycles. The van der Waals surface area contributed by atoms with Crippen LogP contribution >= 0.6 is 0 Å². The quantitative estimate of drug-likeness (QED) is 0.734. The molecule has 0 saturated heterocycles. The molecule has 0 saturated carbocycles. The van der Waals surface area contributed by atoms with Crippen LogP contribution in [-0.2, 0) is 0 Å². The minimum Gasteiger partial charge on any atom is -0.493 e. The Balaban J connectivity index is 1.63. The monoisotopic (exact) mass is 299 g/mol. The van der Waals surface area contributed by atoms with Gasteiger partial charge in [0.15, 0.2) is 0 Å². The number of benzene rings is 2. The van der Waals surface area contributed by atoms with E-state index in [-0.39, 0.29) is 0 Å². The van der Waals surface area contributed by atoms with Crippen molar-refractivity contribution in [3.8, 4) is 5.75 Å². The summed E-state index contributed by atoms with van der Waals surface area (Å²) in [7, 11) is 0. The summed E-state index contributed by atoms with van der Waals surface area (Å²) in [5, 5.41) is 13.3. The lowest BCUT2D eigenvalue weighted by atomic mass is 10.1. The van der Waals surface area contributed by atoms with E-state index in [4.69, 9.17) is 4.74 Å². The van der Waals surface area contributed by atoms with E-state index in [2.05, 4.69) is 25.2 Å². The molecule has 0 fully saturated rings. The van der Waals surface area contributed by atoms with Gasteiger partial charge >= 0.3 is 0 Å². The van der Waals surface area contributed by atoms with Crippen LogP contribution in [0.1, 0.15) is 29.2 Å². The van der Waals surface area contributed by atoms with Gasteiger partial charge < -0.3 is 15.2 Å². The fourth-order valence-corrected chi connectivity index (χ4v) is 2.29. The molecular weight excluding hydrogens is 274 g/mol. The van der Waals surface area contributed by atoms with Gasteiger partial charge in [-0.1, -0.05) is 42.5 Å². The lowest BCUT2D eigenvalue weighted by Gasteiger charge is -2.13. The largest absolute Gasteiger partial charge is 0.493 e. The molecule has 0 bridgehead atoms. The molecule has 118 valence electrons. The predicted molar refractivity (Wildman–Crippen MR) is 90.3 cm³/mol. The zero-order chi connectivity index (χ0) is 15.8. The Kier molecular flexibility index (Phi) is 6.44. The Hall–Kier alpha value is -1.84. The minimum atomic E-state index is -0.457. The lowest BCUT2D eigenvalue weighted by molar-refractivity contribution is 0.173. The Morgan fingerprint density at radius 3 is 2.59 bits per heavy atom. The number of aryl methyl sites for hydroxylation is 1. The van der Waals surface area contributed by atoms with Gasteiger partial charge in [0, 0.05) is 6.54 Å². The van der Waals surface area contributed by atoms with Gasteiger partial charge in [-0.3, -0.25) is 0 Å². The normalized spacial score (nSPS) is 12.1. The smallest absolute Gasteiger partial charge is 0.122 e. The summed E-state index contributed by atoms with van der Waals surface area (Å²) in [5.41, 5.74) is 3.40. The van der Waals surface area contributed by atoms with Gasteiger partial charge in [-0.25, -0.2) is 0 Å². The van der Waals surface area contributed by atoms with Gasteiger partial charge in [0.05, 0.1) is 12.7 Å². The highest BCUT2D eigenvalue weighted by Crippen LogP contribution is 2.20. The molecule has 2 aromatic carbocycles. The zero-order valence-corrected chi connectivity index (χ0v) is 13.4. The molecule has 0 heterocycles. The van der Waals surface area contributed by atoms with E-state index in [9.17, 15) is 5.11 Å². The summed E-state index contributed by atoms with van der Waals surface area (Å²) < 4.78 is 5.81. The van der Waals surface area contributed by atoms with E-state index >= 15 is 0 Å². The summed E-state index contributed by atoms with van der Waals surface area (Å²) in [6.07, 6.45) is 0.454. The molecule has 3 heteroatoms. The number of hydrogen-bond acceptors (Lipinski definition) is 3. The number of rotatable bonds is 8. The Morgan fingerprint density at radius 1 is 1.05 bits per heavy atom. The van der Waals surface area contributed by atoms with Gasteiger partial charge in [0.25, 0.3) is 0 Å². The number of aliphatic hydroxyl groups excluding tert-OH is 1. The van der Waals surface area contributed by atoms with Crippen LogP contribution in [0.25, 0.3) is 0 Å². The van der Waals surface area contributed by atoms with Crippen molar-refractivity contribution in [2.75, 3.05) is 19.7 Å². The van der Waals surface area contributed by atoms with Crippen molar-refractivity contribution in [3.63, 3.8) is 0 Å². The van der Waals surface area contributed by atoms with Gasteiger partial charge in [-0.2, -0.15) is 0 Å². The van der Waals surface area contributed by atoms with Gasteiger partial charge in [0.1, 0.15) is 5.75 Å². The Labute approximate surface area is 133 Å². The highest BCUT2D eigenvalue weighted by molar-refractivity contribution is 5.38. The summed E-state index contributed by atoms with van der Waals surface area (Å²) in [6, 6.07) is 15.8. The highest BCUT2D eigenvalue weighted by Gasteiger charge is 2.05. The van der Waals surface area contributed by atoms with Crippen molar-refractivity contribution in [2.24, 2.45) is 0 Å². The van der Waals surface area contributed by atoms with E-state index in [1.54, 1.807) is 0 Å². The maximum atomic E-state index is 10.0. The summed E-state index contributed by atoms with van der Waals surface area (Å²) in [5.74, 6) is 0.962. The molecule has 0 radical (unpaired) electrons. The molecule has 2 rings (SSSR count). The molecule has 2 N–H and O–H groups in total. The van der Waals surface area contributed by atoms with Crippen LogP contribution in [0.2, 0.25) is 0 Å². The minimum absolute atomic E-state index is 0.457. The Bertz CT molecular complexity index is 569. The van der Waals surface area contributed by atoms with Crippen LogP contribution in [0.15, 0.2) is 48.5 Å². The average Bonchev–Trinajstić information content (AvgIpc) is 2.55. The van der Waals surface area contributed by atoms with E-state index in [1.165, 1.54) is 11.1 Å². The third-order valence-corrected chi connectivity index (χ3v) is 3.83. The molecule has 0 spiro atoms. The van der Waals surface area contributed by atoms with Gasteiger partial charge in [-0.15, -0.1) is 0 Å². The van der Waals surface area contributed by atoms with Gasteiger partial charge in [0.2, 0.25) is 0 Å². The lowest BCUT2D eigenvalue weighted by Crippen LogP contribution is -2.23. The molecule has 3 nitrogen and oxygen atoms in total. The molecule has 1 atom stereocenters. The summed E-state index contributed by atoms with van der Waals surface area (Å²) in [6.45, 7) is 6.24. The first-order valence-electron chi connectivity index (χ1n) is 7.81. The molecule has 1 unspecified atom stereocenters. The van der Waals surface area contributed by atoms with E-state index in [0.29, 0.717) is 13.2 Å². The second-order valence-electron chi connectivity index (χ2n) is 5.53. The fraction of sp³-hybridized carbons (Fsp3) is 0.368.